The van der Waals surface area contributed by atoms with Gasteiger partial charge in [0.25, 0.3) is 0 Å². The Hall–Kier alpha value is -0.795. The summed E-state index contributed by atoms with van der Waals surface area (Å²) in [5.74, 6) is 1.13. The minimum atomic E-state index is -0.207. The lowest BCUT2D eigenvalue weighted by Crippen LogP contribution is -2.41. The molecule has 1 aromatic rings. The van der Waals surface area contributed by atoms with Crippen LogP contribution in [0.4, 0.5) is 0 Å². The van der Waals surface area contributed by atoms with Gasteiger partial charge in [-0.25, -0.2) is 0 Å². The van der Waals surface area contributed by atoms with E-state index in [0.717, 1.165) is 0 Å². The molecule has 2 atom stereocenters. The lowest BCUT2D eigenvalue weighted by atomic mass is 9.79. The van der Waals surface area contributed by atoms with Gasteiger partial charge in [0.1, 0.15) is 0 Å². The molecule has 1 unspecified atom stereocenters. The lowest BCUT2D eigenvalue weighted by molar-refractivity contribution is 0.00578. The molecule has 0 amide bonds. The van der Waals surface area contributed by atoms with E-state index < -0.39 is 0 Å². The molecule has 1 saturated heterocycles. The van der Waals surface area contributed by atoms with Crippen molar-refractivity contribution < 1.29 is 9.31 Å². The average Bonchev–Trinajstić information content (AvgIpc) is 3.04. The molecule has 2 fully saturated rings. The van der Waals surface area contributed by atoms with E-state index in [-0.39, 0.29) is 18.3 Å². The molecule has 0 bridgehead atoms. The quantitative estimate of drug-likeness (QED) is 0.739. The van der Waals surface area contributed by atoms with Crippen molar-refractivity contribution in [1.29, 1.82) is 0 Å². The van der Waals surface area contributed by atoms with Crippen LogP contribution in [0.2, 0.25) is 5.82 Å². The van der Waals surface area contributed by atoms with E-state index in [2.05, 4.69) is 58.0 Å². The van der Waals surface area contributed by atoms with Gasteiger partial charge in [-0.05, 0) is 45.6 Å². The second-order valence-corrected chi connectivity index (χ2v) is 6.54. The lowest BCUT2D eigenvalue weighted by Gasteiger charge is -2.32. The molecule has 1 saturated carbocycles. The summed E-state index contributed by atoms with van der Waals surface area (Å²) >= 11 is 0. The minimum absolute atomic E-state index is 0.0415. The summed E-state index contributed by atoms with van der Waals surface area (Å²) < 4.78 is 12.2. The minimum Gasteiger partial charge on any atom is -0.403 e. The molecule has 18 heavy (non-hydrogen) atoms. The van der Waals surface area contributed by atoms with Gasteiger partial charge in [0.15, 0.2) is 0 Å². The summed E-state index contributed by atoms with van der Waals surface area (Å²) in [6.07, 6.45) is 1.18. The highest BCUT2D eigenvalue weighted by Crippen LogP contribution is 2.58. The predicted octanol–water partition coefficient (Wildman–Crippen LogP) is 3.64. The van der Waals surface area contributed by atoms with E-state index in [9.17, 15) is 0 Å². The van der Waals surface area contributed by atoms with Gasteiger partial charge in [-0.3, -0.25) is 0 Å². The number of hydrogen-bond donors (Lipinski definition) is 0. The van der Waals surface area contributed by atoms with Crippen LogP contribution in [0.1, 0.15) is 45.6 Å². The highest BCUT2D eigenvalue weighted by Gasteiger charge is 2.59. The standard InChI is InChI=1S/C15H21BO2/c1-14(2)15(3,4)18-16(17-14)13-10-12(13)11-8-6-5-7-9-11/h5-9,12-13H,10H2,1-4H3/t12-,13?/m1/s1. The summed E-state index contributed by atoms with van der Waals surface area (Å²) in [5, 5.41) is 0. The van der Waals surface area contributed by atoms with Crippen molar-refractivity contribution in [2.75, 3.05) is 0 Å². The van der Waals surface area contributed by atoms with E-state index in [4.69, 9.17) is 9.31 Å². The van der Waals surface area contributed by atoms with Gasteiger partial charge < -0.3 is 9.31 Å². The first-order valence-corrected chi connectivity index (χ1v) is 6.81. The Bertz CT molecular complexity index is 425. The van der Waals surface area contributed by atoms with Crippen molar-refractivity contribution >= 4 is 7.12 Å². The highest BCUT2D eigenvalue weighted by atomic mass is 16.7. The molecular formula is C15H21BO2. The Morgan fingerprint density at radius 3 is 2.11 bits per heavy atom. The predicted molar refractivity (Wildman–Crippen MR) is 73.6 cm³/mol. The fourth-order valence-electron chi connectivity index (χ4n) is 2.66. The first-order chi connectivity index (χ1) is 8.41. The van der Waals surface area contributed by atoms with Crippen molar-refractivity contribution in [2.45, 2.75) is 57.1 Å². The molecule has 2 aliphatic rings. The molecule has 1 heterocycles. The maximum absolute atomic E-state index is 6.12. The third kappa shape index (κ3) is 1.90. The Kier molecular flexibility index (Phi) is 2.62. The Morgan fingerprint density at radius 2 is 1.56 bits per heavy atom. The maximum atomic E-state index is 6.12. The zero-order valence-corrected chi connectivity index (χ0v) is 11.6. The number of rotatable bonds is 2. The molecule has 1 aliphatic heterocycles. The molecule has 1 aliphatic carbocycles. The van der Waals surface area contributed by atoms with Crippen LogP contribution in [-0.2, 0) is 9.31 Å². The molecule has 0 radical (unpaired) electrons. The first-order valence-electron chi connectivity index (χ1n) is 6.81. The van der Waals surface area contributed by atoms with Gasteiger partial charge in [-0.1, -0.05) is 30.3 Å². The Balaban J connectivity index is 1.70. The van der Waals surface area contributed by atoms with Crippen molar-refractivity contribution in [3.8, 4) is 0 Å². The molecule has 0 N–H and O–H groups in total. The third-order valence-corrected chi connectivity index (χ3v) is 4.69. The van der Waals surface area contributed by atoms with Gasteiger partial charge in [0.2, 0.25) is 0 Å². The van der Waals surface area contributed by atoms with Crippen molar-refractivity contribution in [3.63, 3.8) is 0 Å². The van der Waals surface area contributed by atoms with Crippen LogP contribution < -0.4 is 0 Å². The normalized spacial score (nSPS) is 32.6. The number of benzene rings is 1. The fraction of sp³-hybridized carbons (Fsp3) is 0.600. The monoisotopic (exact) mass is 244 g/mol. The maximum Gasteiger partial charge on any atom is 0.461 e. The van der Waals surface area contributed by atoms with Crippen LogP contribution in [0.15, 0.2) is 30.3 Å². The molecule has 0 spiro atoms. The number of hydrogen-bond acceptors (Lipinski definition) is 2. The van der Waals surface area contributed by atoms with E-state index in [0.29, 0.717) is 11.7 Å². The van der Waals surface area contributed by atoms with E-state index in [1.165, 1.54) is 12.0 Å². The average molecular weight is 244 g/mol. The van der Waals surface area contributed by atoms with Crippen LogP contribution in [0, 0.1) is 0 Å². The van der Waals surface area contributed by atoms with Crippen molar-refractivity contribution in [1.82, 2.24) is 0 Å². The zero-order chi connectivity index (χ0) is 13.0. The second kappa shape index (κ2) is 3.85. The fourth-order valence-corrected chi connectivity index (χ4v) is 2.66. The summed E-state index contributed by atoms with van der Waals surface area (Å²) in [7, 11) is -0.0415. The smallest absolute Gasteiger partial charge is 0.403 e. The van der Waals surface area contributed by atoms with Crippen molar-refractivity contribution in [3.05, 3.63) is 35.9 Å². The van der Waals surface area contributed by atoms with Crippen LogP contribution in [0.3, 0.4) is 0 Å². The van der Waals surface area contributed by atoms with Gasteiger partial charge >= 0.3 is 7.12 Å². The summed E-state index contributed by atoms with van der Waals surface area (Å²) in [6, 6.07) is 10.7. The molecule has 0 aromatic heterocycles. The Labute approximate surface area is 110 Å². The van der Waals surface area contributed by atoms with Gasteiger partial charge in [0, 0.05) is 5.82 Å². The Morgan fingerprint density at radius 1 is 1.00 bits per heavy atom. The second-order valence-electron chi connectivity index (χ2n) is 6.54. The molecule has 3 rings (SSSR count). The van der Waals surface area contributed by atoms with Gasteiger partial charge in [-0.2, -0.15) is 0 Å². The van der Waals surface area contributed by atoms with Gasteiger partial charge in [-0.15, -0.1) is 0 Å². The topological polar surface area (TPSA) is 18.5 Å². The molecule has 1 aromatic carbocycles. The molecular weight excluding hydrogens is 223 g/mol. The van der Waals surface area contributed by atoms with Crippen LogP contribution in [0.25, 0.3) is 0 Å². The van der Waals surface area contributed by atoms with Crippen LogP contribution >= 0.6 is 0 Å². The zero-order valence-electron chi connectivity index (χ0n) is 11.6. The largest absolute Gasteiger partial charge is 0.461 e. The summed E-state index contributed by atoms with van der Waals surface area (Å²) in [4.78, 5) is 0. The van der Waals surface area contributed by atoms with Crippen molar-refractivity contribution in [2.24, 2.45) is 0 Å². The summed E-state index contributed by atoms with van der Waals surface area (Å²) in [5.41, 5.74) is 1.00. The van der Waals surface area contributed by atoms with Crippen LogP contribution in [0.5, 0.6) is 0 Å². The molecule has 2 nitrogen and oxygen atoms in total. The van der Waals surface area contributed by atoms with E-state index in [1.807, 2.05) is 0 Å². The van der Waals surface area contributed by atoms with Crippen LogP contribution in [-0.4, -0.2) is 18.3 Å². The molecule has 3 heteroatoms. The molecule has 96 valence electrons. The van der Waals surface area contributed by atoms with E-state index >= 15 is 0 Å². The van der Waals surface area contributed by atoms with Gasteiger partial charge in [0.05, 0.1) is 11.2 Å². The first kappa shape index (κ1) is 12.2. The van der Waals surface area contributed by atoms with E-state index in [1.54, 1.807) is 0 Å². The third-order valence-electron chi connectivity index (χ3n) is 4.69. The summed E-state index contributed by atoms with van der Waals surface area (Å²) in [6.45, 7) is 8.47. The SMILES string of the molecule is CC1(C)OB(C2C[C@@H]2c2ccccc2)OC1(C)C. The highest BCUT2D eigenvalue weighted by molar-refractivity contribution is 6.49.